The molecular weight excluding hydrogens is 184 g/mol. The Labute approximate surface area is 94.4 Å². The first-order valence-corrected chi connectivity index (χ1v) is 6.83. The summed E-state index contributed by atoms with van der Waals surface area (Å²) in [6.45, 7) is 8.39. The van der Waals surface area contributed by atoms with E-state index in [0.717, 1.165) is 18.0 Å². The number of nitrogens with zero attached hydrogens (tertiary/aromatic N) is 1. The molecule has 2 unspecified atom stereocenters. The average molecular weight is 210 g/mol. The minimum absolute atomic E-state index is 0.822. The third-order valence-electron chi connectivity index (χ3n) is 4.41. The SMILES string of the molecule is CCC1CNCC1N(CC)C1CCCC1. The highest BCUT2D eigenvalue weighted by atomic mass is 15.2. The molecule has 0 bridgehead atoms. The van der Waals surface area contributed by atoms with Crippen LogP contribution in [0.15, 0.2) is 0 Å². The molecule has 1 saturated carbocycles. The molecule has 0 aromatic carbocycles. The van der Waals surface area contributed by atoms with E-state index in [2.05, 4.69) is 24.1 Å². The lowest BCUT2D eigenvalue weighted by Crippen LogP contribution is -2.46. The van der Waals surface area contributed by atoms with Gasteiger partial charge in [0.05, 0.1) is 0 Å². The van der Waals surface area contributed by atoms with Crippen molar-refractivity contribution in [3.63, 3.8) is 0 Å². The Morgan fingerprint density at radius 2 is 1.87 bits per heavy atom. The molecule has 2 fully saturated rings. The van der Waals surface area contributed by atoms with Crippen LogP contribution in [-0.4, -0.2) is 36.6 Å². The van der Waals surface area contributed by atoms with Gasteiger partial charge in [0.15, 0.2) is 0 Å². The maximum atomic E-state index is 3.57. The van der Waals surface area contributed by atoms with Crippen LogP contribution in [0, 0.1) is 5.92 Å². The van der Waals surface area contributed by atoms with Gasteiger partial charge in [-0.15, -0.1) is 0 Å². The van der Waals surface area contributed by atoms with Gasteiger partial charge in [0.1, 0.15) is 0 Å². The van der Waals surface area contributed by atoms with E-state index >= 15 is 0 Å². The first-order valence-electron chi connectivity index (χ1n) is 6.83. The Morgan fingerprint density at radius 1 is 1.13 bits per heavy atom. The molecule has 1 heterocycles. The van der Waals surface area contributed by atoms with Crippen LogP contribution in [0.25, 0.3) is 0 Å². The van der Waals surface area contributed by atoms with Crippen LogP contribution in [-0.2, 0) is 0 Å². The first kappa shape index (κ1) is 11.4. The average Bonchev–Trinajstić information content (AvgIpc) is 2.89. The van der Waals surface area contributed by atoms with Crippen LogP contribution < -0.4 is 5.32 Å². The normalized spacial score (nSPS) is 33.0. The predicted molar refractivity (Wildman–Crippen MR) is 65.1 cm³/mol. The molecule has 88 valence electrons. The van der Waals surface area contributed by atoms with Crippen LogP contribution in [0.1, 0.15) is 46.0 Å². The van der Waals surface area contributed by atoms with Crippen molar-refractivity contribution in [2.45, 2.75) is 58.0 Å². The molecule has 2 atom stereocenters. The zero-order valence-electron chi connectivity index (χ0n) is 10.3. The Balaban J connectivity index is 1.98. The number of nitrogens with one attached hydrogen (secondary N) is 1. The van der Waals surface area contributed by atoms with Gasteiger partial charge in [-0.05, 0) is 31.8 Å². The van der Waals surface area contributed by atoms with Gasteiger partial charge in [0.2, 0.25) is 0 Å². The van der Waals surface area contributed by atoms with Gasteiger partial charge < -0.3 is 5.32 Å². The number of likely N-dealkylation sites (N-methyl/N-ethyl adjacent to an activating group) is 1. The third kappa shape index (κ3) is 2.36. The van der Waals surface area contributed by atoms with Crippen LogP contribution in [0.4, 0.5) is 0 Å². The fourth-order valence-electron chi connectivity index (χ4n) is 3.52. The fraction of sp³-hybridized carbons (Fsp3) is 1.00. The second kappa shape index (κ2) is 5.31. The summed E-state index contributed by atoms with van der Waals surface area (Å²) >= 11 is 0. The lowest BCUT2D eigenvalue weighted by molar-refractivity contribution is 0.123. The molecule has 0 aromatic heterocycles. The predicted octanol–water partition coefficient (Wildman–Crippen LogP) is 2.25. The van der Waals surface area contributed by atoms with Crippen LogP contribution in [0.5, 0.6) is 0 Å². The molecule has 1 saturated heterocycles. The van der Waals surface area contributed by atoms with Crippen LogP contribution in [0.3, 0.4) is 0 Å². The molecule has 2 rings (SSSR count). The maximum absolute atomic E-state index is 3.57. The van der Waals surface area contributed by atoms with Crippen molar-refractivity contribution in [1.29, 1.82) is 0 Å². The van der Waals surface area contributed by atoms with E-state index in [1.165, 1.54) is 51.7 Å². The molecule has 0 amide bonds. The van der Waals surface area contributed by atoms with E-state index in [0.29, 0.717) is 0 Å². The van der Waals surface area contributed by atoms with Crippen molar-refractivity contribution in [3.8, 4) is 0 Å². The molecule has 1 aliphatic heterocycles. The first-order chi connectivity index (χ1) is 7.36. The summed E-state index contributed by atoms with van der Waals surface area (Å²) < 4.78 is 0. The van der Waals surface area contributed by atoms with Crippen LogP contribution >= 0.6 is 0 Å². The lowest BCUT2D eigenvalue weighted by Gasteiger charge is -2.36. The van der Waals surface area contributed by atoms with E-state index in [9.17, 15) is 0 Å². The molecular formula is C13H26N2. The summed E-state index contributed by atoms with van der Waals surface area (Å²) in [7, 11) is 0. The Hall–Kier alpha value is -0.0800. The third-order valence-corrected chi connectivity index (χ3v) is 4.41. The van der Waals surface area contributed by atoms with Crippen molar-refractivity contribution in [2.24, 2.45) is 5.92 Å². The zero-order valence-corrected chi connectivity index (χ0v) is 10.3. The number of hydrogen-bond donors (Lipinski definition) is 1. The van der Waals surface area contributed by atoms with E-state index in [1.54, 1.807) is 0 Å². The molecule has 0 radical (unpaired) electrons. The van der Waals surface area contributed by atoms with E-state index in [-0.39, 0.29) is 0 Å². The summed E-state index contributed by atoms with van der Waals surface area (Å²) in [5.41, 5.74) is 0. The highest BCUT2D eigenvalue weighted by molar-refractivity contribution is 4.91. The highest BCUT2D eigenvalue weighted by Crippen LogP contribution is 2.29. The second-order valence-corrected chi connectivity index (χ2v) is 5.16. The number of rotatable bonds is 4. The Morgan fingerprint density at radius 3 is 2.47 bits per heavy atom. The molecule has 1 N–H and O–H groups in total. The van der Waals surface area contributed by atoms with Crippen molar-refractivity contribution >= 4 is 0 Å². The summed E-state index contributed by atoms with van der Waals surface area (Å²) in [5, 5.41) is 3.57. The molecule has 15 heavy (non-hydrogen) atoms. The van der Waals surface area contributed by atoms with Crippen LogP contribution in [0.2, 0.25) is 0 Å². The molecule has 2 nitrogen and oxygen atoms in total. The van der Waals surface area contributed by atoms with Gasteiger partial charge in [0, 0.05) is 18.6 Å². The van der Waals surface area contributed by atoms with Gasteiger partial charge in [-0.3, -0.25) is 4.90 Å². The summed E-state index contributed by atoms with van der Waals surface area (Å²) in [4.78, 5) is 2.79. The van der Waals surface area contributed by atoms with Gasteiger partial charge >= 0.3 is 0 Å². The Kier molecular flexibility index (Phi) is 4.04. The maximum Gasteiger partial charge on any atom is 0.0263 e. The van der Waals surface area contributed by atoms with Gasteiger partial charge in [0.25, 0.3) is 0 Å². The van der Waals surface area contributed by atoms with Crippen molar-refractivity contribution in [3.05, 3.63) is 0 Å². The largest absolute Gasteiger partial charge is 0.315 e. The van der Waals surface area contributed by atoms with Gasteiger partial charge in [-0.2, -0.15) is 0 Å². The number of hydrogen-bond acceptors (Lipinski definition) is 2. The minimum Gasteiger partial charge on any atom is -0.315 e. The summed E-state index contributed by atoms with van der Waals surface area (Å²) in [6.07, 6.45) is 7.14. The van der Waals surface area contributed by atoms with E-state index in [4.69, 9.17) is 0 Å². The summed E-state index contributed by atoms with van der Waals surface area (Å²) in [6, 6.07) is 1.72. The van der Waals surface area contributed by atoms with Crippen molar-refractivity contribution in [2.75, 3.05) is 19.6 Å². The molecule has 0 spiro atoms. The molecule has 2 aliphatic rings. The van der Waals surface area contributed by atoms with E-state index in [1.807, 2.05) is 0 Å². The monoisotopic (exact) mass is 210 g/mol. The van der Waals surface area contributed by atoms with Gasteiger partial charge in [-0.25, -0.2) is 0 Å². The van der Waals surface area contributed by atoms with Crippen molar-refractivity contribution in [1.82, 2.24) is 10.2 Å². The zero-order chi connectivity index (χ0) is 10.7. The minimum atomic E-state index is 0.822. The highest BCUT2D eigenvalue weighted by Gasteiger charge is 2.34. The topological polar surface area (TPSA) is 15.3 Å². The molecule has 0 aromatic rings. The summed E-state index contributed by atoms with van der Waals surface area (Å²) in [5.74, 6) is 0.894. The van der Waals surface area contributed by atoms with Crippen molar-refractivity contribution < 1.29 is 0 Å². The van der Waals surface area contributed by atoms with Gasteiger partial charge in [-0.1, -0.05) is 33.1 Å². The standard InChI is InChI=1S/C13H26N2/c1-3-11-9-14-10-13(11)15(4-2)12-7-5-6-8-12/h11-14H,3-10H2,1-2H3. The fourth-order valence-corrected chi connectivity index (χ4v) is 3.52. The lowest BCUT2D eigenvalue weighted by atomic mass is 9.97. The smallest absolute Gasteiger partial charge is 0.0263 e. The molecule has 2 heteroatoms. The second-order valence-electron chi connectivity index (χ2n) is 5.16. The Bertz CT molecular complexity index is 187. The van der Waals surface area contributed by atoms with E-state index < -0.39 is 0 Å². The quantitative estimate of drug-likeness (QED) is 0.765. The molecule has 1 aliphatic carbocycles.